The number of aromatic nitrogens is 1. The van der Waals surface area contributed by atoms with Crippen LogP contribution >= 0.6 is 0 Å². The molecule has 0 aliphatic carbocycles. The molecule has 3 heteroatoms. The van der Waals surface area contributed by atoms with Crippen LogP contribution in [-0.2, 0) is 5.41 Å². The van der Waals surface area contributed by atoms with E-state index >= 15 is 0 Å². The molecule has 0 bridgehead atoms. The molecule has 0 aliphatic rings. The molecule has 2 rings (SSSR count). The van der Waals surface area contributed by atoms with Crippen LogP contribution in [-0.4, -0.2) is 4.98 Å². The van der Waals surface area contributed by atoms with Gasteiger partial charge in [0.1, 0.15) is 5.75 Å². The zero-order chi connectivity index (χ0) is 14.0. The second kappa shape index (κ2) is 4.92. The fourth-order valence-corrected chi connectivity index (χ4v) is 1.75. The average molecular weight is 256 g/mol. The highest BCUT2D eigenvalue weighted by molar-refractivity contribution is 5.44. The SMILES string of the molecule is Cc1nc(Oc2ccc(C(C)(C)C)cc2)ccc1N. The summed E-state index contributed by atoms with van der Waals surface area (Å²) in [5.74, 6) is 1.35. The van der Waals surface area contributed by atoms with Crippen molar-refractivity contribution in [3.63, 3.8) is 0 Å². The molecule has 0 aliphatic heterocycles. The highest BCUT2D eigenvalue weighted by atomic mass is 16.5. The Kier molecular flexibility index (Phi) is 3.47. The number of hydrogen-bond donors (Lipinski definition) is 1. The van der Waals surface area contributed by atoms with Crippen molar-refractivity contribution in [1.82, 2.24) is 4.98 Å². The van der Waals surface area contributed by atoms with Crippen LogP contribution in [0.4, 0.5) is 5.69 Å². The van der Waals surface area contributed by atoms with Gasteiger partial charge in [0.25, 0.3) is 0 Å². The average Bonchev–Trinajstić information content (AvgIpc) is 2.33. The van der Waals surface area contributed by atoms with E-state index in [9.17, 15) is 0 Å². The molecule has 0 atom stereocenters. The van der Waals surface area contributed by atoms with E-state index < -0.39 is 0 Å². The van der Waals surface area contributed by atoms with E-state index in [1.54, 1.807) is 12.1 Å². The standard InChI is InChI=1S/C16H20N2O/c1-11-14(17)9-10-15(18-11)19-13-7-5-12(6-8-13)16(2,3)4/h5-10H,17H2,1-4H3. The lowest BCUT2D eigenvalue weighted by molar-refractivity contribution is 0.461. The molecule has 2 N–H and O–H groups in total. The molecule has 0 radical (unpaired) electrons. The summed E-state index contributed by atoms with van der Waals surface area (Å²) in [6.45, 7) is 8.43. The van der Waals surface area contributed by atoms with E-state index in [-0.39, 0.29) is 5.41 Å². The zero-order valence-corrected chi connectivity index (χ0v) is 11.9. The maximum Gasteiger partial charge on any atom is 0.219 e. The Balaban J connectivity index is 2.17. The second-order valence-corrected chi connectivity index (χ2v) is 5.70. The van der Waals surface area contributed by atoms with Crippen LogP contribution < -0.4 is 10.5 Å². The van der Waals surface area contributed by atoms with Crippen molar-refractivity contribution in [3.8, 4) is 11.6 Å². The Hall–Kier alpha value is -2.03. The van der Waals surface area contributed by atoms with Crippen LogP contribution in [0.25, 0.3) is 0 Å². The van der Waals surface area contributed by atoms with Crippen LogP contribution in [0.1, 0.15) is 32.0 Å². The summed E-state index contributed by atoms with van der Waals surface area (Å²) < 4.78 is 5.72. The lowest BCUT2D eigenvalue weighted by Crippen LogP contribution is -2.10. The van der Waals surface area contributed by atoms with Gasteiger partial charge >= 0.3 is 0 Å². The summed E-state index contributed by atoms with van der Waals surface area (Å²) in [6.07, 6.45) is 0. The largest absolute Gasteiger partial charge is 0.439 e. The first-order chi connectivity index (χ1) is 8.86. The first-order valence-corrected chi connectivity index (χ1v) is 6.38. The molecule has 19 heavy (non-hydrogen) atoms. The zero-order valence-electron chi connectivity index (χ0n) is 11.9. The van der Waals surface area contributed by atoms with Crippen LogP contribution in [0.2, 0.25) is 0 Å². The number of aryl methyl sites for hydroxylation is 1. The Morgan fingerprint density at radius 1 is 1.00 bits per heavy atom. The van der Waals surface area contributed by atoms with Gasteiger partial charge in [-0.15, -0.1) is 0 Å². The molecular weight excluding hydrogens is 236 g/mol. The van der Waals surface area contributed by atoms with Crippen LogP contribution in [0.3, 0.4) is 0 Å². The van der Waals surface area contributed by atoms with Gasteiger partial charge < -0.3 is 10.5 Å². The van der Waals surface area contributed by atoms with E-state index in [4.69, 9.17) is 10.5 Å². The lowest BCUT2D eigenvalue weighted by atomic mass is 9.87. The van der Waals surface area contributed by atoms with Crippen molar-refractivity contribution >= 4 is 5.69 Å². The van der Waals surface area contributed by atoms with Crippen molar-refractivity contribution in [1.29, 1.82) is 0 Å². The normalized spacial score (nSPS) is 11.4. The minimum atomic E-state index is 0.147. The summed E-state index contributed by atoms with van der Waals surface area (Å²) in [5.41, 5.74) is 8.62. The summed E-state index contributed by atoms with van der Waals surface area (Å²) in [5, 5.41) is 0. The number of nitrogens with two attached hydrogens (primary N) is 1. The molecule has 0 unspecified atom stereocenters. The maximum atomic E-state index is 5.73. The molecular formula is C16H20N2O. The molecule has 0 saturated carbocycles. The van der Waals surface area contributed by atoms with E-state index in [2.05, 4.69) is 37.9 Å². The first kappa shape index (κ1) is 13.4. The Morgan fingerprint density at radius 2 is 1.63 bits per heavy atom. The third-order valence-electron chi connectivity index (χ3n) is 3.04. The third-order valence-corrected chi connectivity index (χ3v) is 3.04. The van der Waals surface area contributed by atoms with Crippen LogP contribution in [0.5, 0.6) is 11.6 Å². The van der Waals surface area contributed by atoms with Crippen molar-refractivity contribution in [2.75, 3.05) is 5.73 Å². The van der Waals surface area contributed by atoms with Gasteiger partial charge in [-0.2, -0.15) is 0 Å². The number of ether oxygens (including phenoxy) is 1. The van der Waals surface area contributed by atoms with Crippen molar-refractivity contribution in [3.05, 3.63) is 47.7 Å². The molecule has 100 valence electrons. The summed E-state index contributed by atoms with van der Waals surface area (Å²) in [4.78, 5) is 4.29. The Bertz CT molecular complexity index is 568. The summed E-state index contributed by atoms with van der Waals surface area (Å²) >= 11 is 0. The predicted octanol–water partition coefficient (Wildman–Crippen LogP) is 4.06. The lowest BCUT2D eigenvalue weighted by Gasteiger charge is -2.19. The fourth-order valence-electron chi connectivity index (χ4n) is 1.75. The van der Waals surface area contributed by atoms with Crippen molar-refractivity contribution in [2.24, 2.45) is 0 Å². The highest BCUT2D eigenvalue weighted by Crippen LogP contribution is 2.26. The highest BCUT2D eigenvalue weighted by Gasteiger charge is 2.13. The van der Waals surface area contributed by atoms with Gasteiger partial charge in [0.15, 0.2) is 0 Å². The summed E-state index contributed by atoms with van der Waals surface area (Å²) in [7, 11) is 0. The molecule has 3 nitrogen and oxygen atoms in total. The molecule has 0 spiro atoms. The molecule has 0 saturated heterocycles. The van der Waals surface area contributed by atoms with E-state index in [0.717, 1.165) is 11.4 Å². The quantitative estimate of drug-likeness (QED) is 0.881. The smallest absolute Gasteiger partial charge is 0.219 e. The number of anilines is 1. The minimum Gasteiger partial charge on any atom is -0.439 e. The fraction of sp³-hybridized carbons (Fsp3) is 0.312. The minimum absolute atomic E-state index is 0.147. The van der Waals surface area contributed by atoms with Gasteiger partial charge in [-0.3, -0.25) is 0 Å². The van der Waals surface area contributed by atoms with Gasteiger partial charge in [-0.05, 0) is 36.1 Å². The third kappa shape index (κ3) is 3.25. The maximum absolute atomic E-state index is 5.73. The predicted molar refractivity (Wildman–Crippen MR) is 78.6 cm³/mol. The van der Waals surface area contributed by atoms with Gasteiger partial charge in [0, 0.05) is 6.07 Å². The molecule has 0 amide bonds. The van der Waals surface area contributed by atoms with Gasteiger partial charge in [-0.1, -0.05) is 32.9 Å². The summed E-state index contributed by atoms with van der Waals surface area (Å²) in [6, 6.07) is 11.7. The number of nitrogen functional groups attached to an aromatic ring is 1. The molecule has 1 heterocycles. The molecule has 0 fully saturated rings. The number of nitrogens with zero attached hydrogens (tertiary/aromatic N) is 1. The Labute approximate surface area is 114 Å². The van der Waals surface area contributed by atoms with Crippen LogP contribution in [0.15, 0.2) is 36.4 Å². The Morgan fingerprint density at radius 3 is 2.16 bits per heavy atom. The molecule has 1 aromatic heterocycles. The van der Waals surface area contributed by atoms with Crippen LogP contribution in [0, 0.1) is 6.92 Å². The van der Waals surface area contributed by atoms with Gasteiger partial charge in [-0.25, -0.2) is 4.98 Å². The molecule has 1 aromatic carbocycles. The second-order valence-electron chi connectivity index (χ2n) is 5.70. The van der Waals surface area contributed by atoms with Crippen molar-refractivity contribution in [2.45, 2.75) is 33.1 Å². The number of benzene rings is 1. The number of rotatable bonds is 2. The van der Waals surface area contributed by atoms with Gasteiger partial charge in [0.2, 0.25) is 5.88 Å². The van der Waals surface area contributed by atoms with E-state index in [1.807, 2.05) is 19.1 Å². The van der Waals surface area contributed by atoms with Crippen molar-refractivity contribution < 1.29 is 4.74 Å². The first-order valence-electron chi connectivity index (χ1n) is 6.38. The number of hydrogen-bond acceptors (Lipinski definition) is 3. The van der Waals surface area contributed by atoms with E-state index in [1.165, 1.54) is 5.56 Å². The van der Waals surface area contributed by atoms with E-state index in [0.29, 0.717) is 11.6 Å². The topological polar surface area (TPSA) is 48.1 Å². The molecule has 2 aromatic rings. The number of pyridine rings is 1. The van der Waals surface area contributed by atoms with Gasteiger partial charge in [0.05, 0.1) is 11.4 Å². The monoisotopic (exact) mass is 256 g/mol.